The van der Waals surface area contributed by atoms with Crippen LogP contribution in [0.25, 0.3) is 0 Å². The Morgan fingerprint density at radius 1 is 1.19 bits per heavy atom. The summed E-state index contributed by atoms with van der Waals surface area (Å²) in [6.45, 7) is 2.93. The molecule has 2 aromatic carbocycles. The zero-order valence-electron chi connectivity index (χ0n) is 20.6. The molecule has 37 heavy (non-hydrogen) atoms. The number of nitrogens with zero attached hydrogens (tertiary/aromatic N) is 1. The van der Waals surface area contributed by atoms with Gasteiger partial charge in [0.1, 0.15) is 17.2 Å². The second kappa shape index (κ2) is 9.77. The van der Waals surface area contributed by atoms with Crippen molar-refractivity contribution in [2.75, 3.05) is 13.1 Å². The summed E-state index contributed by atoms with van der Waals surface area (Å²) in [5.74, 6) is -0.939. The molecule has 5 rings (SSSR count). The van der Waals surface area contributed by atoms with Gasteiger partial charge in [-0.3, -0.25) is 9.69 Å². The zero-order chi connectivity index (χ0) is 26.5. The third-order valence-corrected chi connectivity index (χ3v) is 8.58. The average Bonchev–Trinajstić information content (AvgIpc) is 3.67. The Bertz CT molecular complexity index is 1190. The molecule has 1 N–H and O–H groups in total. The van der Waals surface area contributed by atoms with E-state index in [2.05, 4.69) is 6.07 Å². The molecule has 2 fully saturated rings. The van der Waals surface area contributed by atoms with Gasteiger partial charge in [0.25, 0.3) is 0 Å². The standard InChI is InChI=1S/C28H30ClF4NO3/c1-16(26(35)36)24(18-3-4-18)19-5-2-17-6-7-27(37-23(17)13-19)8-10-34(11-9-27)15-20-12-21(28(31,32)33)14-22(29)25(20)30/h2,5,12-14,16,18,24H,3-4,6-11,15H2,1H3,(H,35,36)/t16-,24-/m0/s1. The number of fused-ring (bicyclic) bond motifs is 1. The highest BCUT2D eigenvalue weighted by Crippen LogP contribution is 2.49. The van der Waals surface area contributed by atoms with Gasteiger partial charge in [0.2, 0.25) is 0 Å². The summed E-state index contributed by atoms with van der Waals surface area (Å²) in [5.41, 5.74) is 0.707. The van der Waals surface area contributed by atoms with E-state index >= 15 is 0 Å². The number of aliphatic carboxylic acids is 1. The van der Waals surface area contributed by atoms with Crippen LogP contribution in [0.15, 0.2) is 30.3 Å². The number of carbonyl (C=O) groups is 1. The topological polar surface area (TPSA) is 49.8 Å². The Morgan fingerprint density at radius 2 is 1.89 bits per heavy atom. The van der Waals surface area contributed by atoms with Crippen LogP contribution < -0.4 is 4.74 Å². The number of hydrogen-bond donors (Lipinski definition) is 1. The smallest absolute Gasteiger partial charge is 0.416 e. The van der Waals surface area contributed by atoms with Crippen molar-refractivity contribution in [3.63, 3.8) is 0 Å². The van der Waals surface area contributed by atoms with E-state index in [1.54, 1.807) is 6.92 Å². The maximum absolute atomic E-state index is 14.5. The maximum atomic E-state index is 14.5. The molecule has 0 amide bonds. The Hall–Kier alpha value is -2.32. The SMILES string of the molecule is C[C@H](C(=O)O)[C@H](c1ccc2c(c1)OC1(CC2)CCN(Cc2cc(C(F)(F)F)cc(Cl)c2F)CC1)C1CC1. The molecule has 0 bridgehead atoms. The summed E-state index contributed by atoms with van der Waals surface area (Å²) in [7, 11) is 0. The van der Waals surface area contributed by atoms with E-state index in [0.717, 1.165) is 48.6 Å². The Morgan fingerprint density at radius 3 is 2.51 bits per heavy atom. The Labute approximate surface area is 218 Å². The van der Waals surface area contributed by atoms with E-state index < -0.39 is 34.5 Å². The lowest BCUT2D eigenvalue weighted by molar-refractivity contribution is -0.142. The second-order valence-corrected chi connectivity index (χ2v) is 11.3. The molecule has 1 saturated heterocycles. The number of aryl methyl sites for hydroxylation is 1. The summed E-state index contributed by atoms with van der Waals surface area (Å²) >= 11 is 5.76. The quantitative estimate of drug-likeness (QED) is 0.399. The number of likely N-dealkylation sites (tertiary alicyclic amines) is 1. The lowest BCUT2D eigenvalue weighted by atomic mass is 9.80. The number of rotatable bonds is 6. The predicted octanol–water partition coefficient (Wildman–Crippen LogP) is 7.07. The highest BCUT2D eigenvalue weighted by Gasteiger charge is 2.42. The van der Waals surface area contributed by atoms with E-state index in [1.807, 2.05) is 17.0 Å². The third-order valence-electron chi connectivity index (χ3n) is 8.30. The number of hydrogen-bond acceptors (Lipinski definition) is 3. The first-order chi connectivity index (χ1) is 17.5. The van der Waals surface area contributed by atoms with E-state index in [1.165, 1.54) is 0 Å². The van der Waals surface area contributed by atoms with Gasteiger partial charge in [-0.25, -0.2) is 4.39 Å². The molecule has 9 heteroatoms. The van der Waals surface area contributed by atoms with Gasteiger partial charge in [0, 0.05) is 25.2 Å². The van der Waals surface area contributed by atoms with Crippen molar-refractivity contribution in [2.45, 2.75) is 69.7 Å². The molecule has 2 heterocycles. The molecule has 2 aliphatic heterocycles. The van der Waals surface area contributed by atoms with Crippen LogP contribution in [0.4, 0.5) is 17.6 Å². The fraction of sp³-hybridized carbons (Fsp3) is 0.536. The van der Waals surface area contributed by atoms with Crippen molar-refractivity contribution >= 4 is 17.6 Å². The van der Waals surface area contributed by atoms with Crippen molar-refractivity contribution in [3.8, 4) is 5.75 Å². The van der Waals surface area contributed by atoms with Crippen molar-refractivity contribution in [2.24, 2.45) is 11.8 Å². The van der Waals surface area contributed by atoms with Crippen LogP contribution in [0.2, 0.25) is 5.02 Å². The van der Waals surface area contributed by atoms with Crippen molar-refractivity contribution < 1.29 is 32.2 Å². The summed E-state index contributed by atoms with van der Waals surface area (Å²) in [4.78, 5) is 13.7. The molecule has 2 atom stereocenters. The average molecular weight is 540 g/mol. The van der Waals surface area contributed by atoms with Gasteiger partial charge in [0.15, 0.2) is 0 Å². The third kappa shape index (κ3) is 5.46. The van der Waals surface area contributed by atoms with Crippen molar-refractivity contribution in [1.29, 1.82) is 0 Å². The lowest BCUT2D eigenvalue weighted by Gasteiger charge is -2.45. The minimum Gasteiger partial charge on any atom is -0.487 e. The van der Waals surface area contributed by atoms with Gasteiger partial charge in [-0.1, -0.05) is 30.7 Å². The van der Waals surface area contributed by atoms with Gasteiger partial charge in [0.05, 0.1) is 16.5 Å². The van der Waals surface area contributed by atoms with Crippen LogP contribution >= 0.6 is 11.6 Å². The maximum Gasteiger partial charge on any atom is 0.416 e. The largest absolute Gasteiger partial charge is 0.487 e. The number of ether oxygens (including phenoxy) is 1. The van der Waals surface area contributed by atoms with E-state index in [0.29, 0.717) is 37.9 Å². The molecule has 1 aliphatic carbocycles. The summed E-state index contributed by atoms with van der Waals surface area (Å²) in [6.07, 6.45) is 0.492. The number of carboxylic acids is 1. The molecule has 3 aliphatic rings. The summed E-state index contributed by atoms with van der Waals surface area (Å²) in [6, 6.07) is 7.58. The molecule has 0 radical (unpaired) electrons. The zero-order valence-corrected chi connectivity index (χ0v) is 21.3. The first kappa shape index (κ1) is 26.3. The van der Waals surface area contributed by atoms with Crippen LogP contribution in [0.3, 0.4) is 0 Å². The molecule has 0 aromatic heterocycles. The summed E-state index contributed by atoms with van der Waals surface area (Å²) < 4.78 is 60.7. The minimum atomic E-state index is -4.60. The number of piperidine rings is 1. The summed E-state index contributed by atoms with van der Waals surface area (Å²) in [5, 5.41) is 9.10. The van der Waals surface area contributed by atoms with Gasteiger partial charge in [-0.05, 0) is 79.7 Å². The molecule has 0 unspecified atom stereocenters. The highest BCUT2D eigenvalue weighted by atomic mass is 35.5. The van der Waals surface area contributed by atoms with Gasteiger partial charge < -0.3 is 9.84 Å². The first-order valence-corrected chi connectivity index (χ1v) is 13.2. The van der Waals surface area contributed by atoms with E-state index in [-0.39, 0.29) is 23.6 Å². The Kier molecular flexibility index (Phi) is 6.94. The molecule has 200 valence electrons. The van der Waals surface area contributed by atoms with Crippen LogP contribution in [-0.2, 0) is 23.9 Å². The van der Waals surface area contributed by atoms with Gasteiger partial charge >= 0.3 is 12.1 Å². The van der Waals surface area contributed by atoms with Gasteiger partial charge in [-0.2, -0.15) is 13.2 Å². The number of benzene rings is 2. The van der Waals surface area contributed by atoms with Crippen LogP contribution in [0.5, 0.6) is 5.75 Å². The predicted molar refractivity (Wildman–Crippen MR) is 131 cm³/mol. The van der Waals surface area contributed by atoms with Crippen LogP contribution in [-0.4, -0.2) is 34.7 Å². The molecular weight excluding hydrogens is 510 g/mol. The first-order valence-electron chi connectivity index (χ1n) is 12.8. The van der Waals surface area contributed by atoms with Crippen molar-refractivity contribution in [1.82, 2.24) is 4.90 Å². The normalized spacial score (nSPS) is 21.2. The lowest BCUT2D eigenvalue weighted by Crippen LogP contribution is -2.49. The minimum absolute atomic E-state index is 0.0414. The molecular formula is C28H30ClF4NO3. The fourth-order valence-corrected chi connectivity index (χ4v) is 6.18. The molecule has 2 aromatic rings. The Balaban J connectivity index is 1.28. The molecule has 1 saturated carbocycles. The van der Waals surface area contributed by atoms with Crippen LogP contribution in [0.1, 0.15) is 67.2 Å². The number of alkyl halides is 3. The molecule has 1 spiro atoms. The number of halogens is 5. The number of carboxylic acid groups (broad SMARTS) is 1. The van der Waals surface area contributed by atoms with Crippen molar-refractivity contribution in [3.05, 3.63) is 63.4 Å². The van der Waals surface area contributed by atoms with E-state index in [9.17, 15) is 27.5 Å². The van der Waals surface area contributed by atoms with Gasteiger partial charge in [-0.15, -0.1) is 0 Å². The van der Waals surface area contributed by atoms with Crippen LogP contribution in [0, 0.1) is 17.7 Å². The van der Waals surface area contributed by atoms with E-state index in [4.69, 9.17) is 16.3 Å². The molecule has 4 nitrogen and oxygen atoms in total. The fourth-order valence-electron chi connectivity index (χ4n) is 5.94. The highest BCUT2D eigenvalue weighted by molar-refractivity contribution is 6.30. The monoisotopic (exact) mass is 539 g/mol. The second-order valence-electron chi connectivity index (χ2n) is 10.8.